The van der Waals surface area contributed by atoms with Gasteiger partial charge in [0.05, 0.1) is 10.9 Å². The molecule has 24 heavy (non-hydrogen) atoms. The number of rotatable bonds is 5. The summed E-state index contributed by atoms with van der Waals surface area (Å²) in [7, 11) is 0. The molecule has 0 saturated carbocycles. The van der Waals surface area contributed by atoms with E-state index in [2.05, 4.69) is 15.5 Å². The summed E-state index contributed by atoms with van der Waals surface area (Å²) in [5.74, 6) is 0.0680. The molecule has 2 aromatic carbocycles. The minimum atomic E-state index is -0.275. The molecule has 0 spiro atoms. The topological polar surface area (TPSA) is 60.7 Å². The van der Waals surface area contributed by atoms with Crippen LogP contribution in [0.2, 0.25) is 0 Å². The standard InChI is InChI=1S/C18H18N4OS/c1-12-4-8-15(9-5-12)17(23)14(3)24-18-19-20-21-22(18)16-10-6-13(2)7-11-16/h4-11,14H,1-3H3/t14-/m0/s1. The highest BCUT2D eigenvalue weighted by Crippen LogP contribution is 2.25. The maximum absolute atomic E-state index is 12.6. The fourth-order valence-corrected chi connectivity index (χ4v) is 3.15. The van der Waals surface area contributed by atoms with E-state index in [1.165, 1.54) is 17.3 Å². The molecule has 0 bridgehead atoms. The van der Waals surface area contributed by atoms with E-state index in [-0.39, 0.29) is 11.0 Å². The van der Waals surface area contributed by atoms with Crippen molar-refractivity contribution < 1.29 is 4.79 Å². The molecule has 3 aromatic rings. The molecule has 0 fully saturated rings. The zero-order chi connectivity index (χ0) is 17.1. The SMILES string of the molecule is Cc1ccc(C(=O)[C@H](C)Sc2nnnn2-c2ccc(C)cc2)cc1. The molecule has 0 unspecified atom stereocenters. The molecule has 1 aromatic heterocycles. The second kappa shape index (κ2) is 6.97. The number of aromatic nitrogens is 4. The number of nitrogens with zero attached hydrogens (tertiary/aromatic N) is 4. The monoisotopic (exact) mass is 338 g/mol. The van der Waals surface area contributed by atoms with Gasteiger partial charge in [0.1, 0.15) is 0 Å². The van der Waals surface area contributed by atoms with E-state index < -0.39 is 0 Å². The van der Waals surface area contributed by atoms with Crippen LogP contribution >= 0.6 is 11.8 Å². The summed E-state index contributed by atoms with van der Waals surface area (Å²) in [5.41, 5.74) is 3.89. The Morgan fingerprint density at radius 2 is 1.58 bits per heavy atom. The lowest BCUT2D eigenvalue weighted by atomic mass is 10.1. The van der Waals surface area contributed by atoms with Crippen molar-refractivity contribution >= 4 is 17.5 Å². The van der Waals surface area contributed by atoms with Crippen molar-refractivity contribution in [1.82, 2.24) is 20.2 Å². The Morgan fingerprint density at radius 1 is 1.00 bits per heavy atom. The van der Waals surface area contributed by atoms with Crippen LogP contribution < -0.4 is 0 Å². The van der Waals surface area contributed by atoms with Crippen molar-refractivity contribution in [1.29, 1.82) is 0 Å². The number of benzene rings is 2. The lowest BCUT2D eigenvalue weighted by Crippen LogP contribution is -2.14. The number of carbonyl (C=O) groups is 1. The molecule has 122 valence electrons. The summed E-state index contributed by atoms with van der Waals surface area (Å²) >= 11 is 1.36. The zero-order valence-corrected chi connectivity index (χ0v) is 14.6. The second-order valence-electron chi connectivity index (χ2n) is 5.70. The smallest absolute Gasteiger partial charge is 0.214 e. The van der Waals surface area contributed by atoms with Gasteiger partial charge in [0.25, 0.3) is 0 Å². The molecule has 5 nitrogen and oxygen atoms in total. The van der Waals surface area contributed by atoms with E-state index in [4.69, 9.17) is 0 Å². The van der Waals surface area contributed by atoms with Crippen molar-refractivity contribution in [3.05, 3.63) is 65.2 Å². The van der Waals surface area contributed by atoms with Crippen molar-refractivity contribution in [2.24, 2.45) is 0 Å². The maximum Gasteiger partial charge on any atom is 0.214 e. The number of ketones is 1. The van der Waals surface area contributed by atoms with Crippen LogP contribution in [0.25, 0.3) is 5.69 Å². The van der Waals surface area contributed by atoms with Gasteiger partial charge in [-0.1, -0.05) is 59.3 Å². The lowest BCUT2D eigenvalue weighted by Gasteiger charge is -2.10. The first-order valence-electron chi connectivity index (χ1n) is 7.67. The number of hydrogen-bond acceptors (Lipinski definition) is 5. The van der Waals surface area contributed by atoms with Crippen LogP contribution in [0.3, 0.4) is 0 Å². The Morgan fingerprint density at radius 3 is 2.21 bits per heavy atom. The molecule has 0 aliphatic rings. The third-order valence-electron chi connectivity index (χ3n) is 3.71. The third-order valence-corrected chi connectivity index (χ3v) is 4.74. The van der Waals surface area contributed by atoms with Gasteiger partial charge >= 0.3 is 0 Å². The van der Waals surface area contributed by atoms with Crippen LogP contribution in [0, 0.1) is 13.8 Å². The van der Waals surface area contributed by atoms with Gasteiger partial charge in [-0.15, -0.1) is 5.10 Å². The van der Waals surface area contributed by atoms with Crippen molar-refractivity contribution in [2.45, 2.75) is 31.2 Å². The van der Waals surface area contributed by atoms with Gasteiger partial charge in [-0.25, -0.2) is 0 Å². The van der Waals surface area contributed by atoms with Crippen LogP contribution in [0.4, 0.5) is 0 Å². The van der Waals surface area contributed by atoms with Crippen molar-refractivity contribution in [3.63, 3.8) is 0 Å². The molecule has 0 N–H and O–H groups in total. The maximum atomic E-state index is 12.6. The summed E-state index contributed by atoms with van der Waals surface area (Å²) < 4.78 is 1.66. The third kappa shape index (κ3) is 3.54. The molecule has 0 amide bonds. The molecule has 1 heterocycles. The molecule has 0 radical (unpaired) electrons. The van der Waals surface area contributed by atoms with Gasteiger partial charge < -0.3 is 0 Å². The molecule has 1 atom stereocenters. The Hall–Kier alpha value is -2.47. The Labute approximate surface area is 145 Å². The van der Waals surface area contributed by atoms with Crippen LogP contribution in [0.5, 0.6) is 0 Å². The number of carbonyl (C=O) groups excluding carboxylic acids is 1. The van der Waals surface area contributed by atoms with Crippen LogP contribution in [-0.2, 0) is 0 Å². The van der Waals surface area contributed by atoms with E-state index >= 15 is 0 Å². The molecular weight excluding hydrogens is 320 g/mol. The van der Waals surface area contributed by atoms with E-state index in [9.17, 15) is 4.79 Å². The normalized spacial score (nSPS) is 12.1. The fraction of sp³-hybridized carbons (Fsp3) is 0.222. The van der Waals surface area contributed by atoms with E-state index in [0.717, 1.165) is 11.3 Å². The van der Waals surface area contributed by atoms with E-state index in [0.29, 0.717) is 10.7 Å². The highest BCUT2D eigenvalue weighted by molar-refractivity contribution is 8.00. The second-order valence-corrected chi connectivity index (χ2v) is 7.01. The zero-order valence-electron chi connectivity index (χ0n) is 13.8. The summed E-state index contributed by atoms with van der Waals surface area (Å²) in [6.45, 7) is 5.91. The molecule has 6 heteroatoms. The van der Waals surface area contributed by atoms with E-state index in [1.54, 1.807) is 4.68 Å². The summed E-state index contributed by atoms with van der Waals surface area (Å²) in [6.07, 6.45) is 0. The average molecular weight is 338 g/mol. The quantitative estimate of drug-likeness (QED) is 0.525. The highest BCUT2D eigenvalue weighted by Gasteiger charge is 2.20. The predicted molar refractivity (Wildman–Crippen MR) is 94.7 cm³/mol. The first-order valence-corrected chi connectivity index (χ1v) is 8.55. The number of aryl methyl sites for hydroxylation is 2. The Kier molecular flexibility index (Phi) is 4.76. The summed E-state index contributed by atoms with van der Waals surface area (Å²) in [6, 6.07) is 15.5. The van der Waals surface area contributed by atoms with E-state index in [1.807, 2.05) is 69.3 Å². The Balaban J connectivity index is 1.79. The molecule has 0 aliphatic heterocycles. The van der Waals surface area contributed by atoms with Gasteiger partial charge in [-0.2, -0.15) is 4.68 Å². The van der Waals surface area contributed by atoms with Gasteiger partial charge in [-0.05, 0) is 43.3 Å². The van der Waals surface area contributed by atoms with Crippen molar-refractivity contribution in [2.75, 3.05) is 0 Å². The van der Waals surface area contributed by atoms with Gasteiger partial charge in [0.15, 0.2) is 5.78 Å². The highest BCUT2D eigenvalue weighted by atomic mass is 32.2. The number of tetrazole rings is 1. The molecule has 0 saturated heterocycles. The van der Waals surface area contributed by atoms with Crippen molar-refractivity contribution in [3.8, 4) is 5.69 Å². The minimum absolute atomic E-state index is 0.0680. The molecular formula is C18H18N4OS. The Bertz CT molecular complexity index is 840. The van der Waals surface area contributed by atoms with Gasteiger partial charge in [-0.3, -0.25) is 4.79 Å². The number of thioether (sulfide) groups is 1. The fourth-order valence-electron chi connectivity index (χ4n) is 2.26. The van der Waals surface area contributed by atoms with Crippen LogP contribution in [0.15, 0.2) is 53.7 Å². The van der Waals surface area contributed by atoms with Gasteiger partial charge in [0.2, 0.25) is 5.16 Å². The molecule has 0 aliphatic carbocycles. The number of hydrogen-bond donors (Lipinski definition) is 0. The summed E-state index contributed by atoms with van der Waals surface area (Å²) in [5, 5.41) is 12.2. The first-order chi connectivity index (χ1) is 11.5. The minimum Gasteiger partial charge on any atom is -0.293 e. The predicted octanol–water partition coefficient (Wildman–Crippen LogP) is 3.64. The lowest BCUT2D eigenvalue weighted by molar-refractivity contribution is 0.0994. The average Bonchev–Trinajstić information content (AvgIpc) is 3.03. The van der Waals surface area contributed by atoms with Gasteiger partial charge in [0, 0.05) is 5.56 Å². The number of Topliss-reactive ketones (excluding diaryl/α,β-unsaturated/α-hetero) is 1. The largest absolute Gasteiger partial charge is 0.293 e. The summed E-state index contributed by atoms with van der Waals surface area (Å²) in [4.78, 5) is 12.6. The molecule has 3 rings (SSSR count). The first kappa shape index (κ1) is 16.4. The van der Waals surface area contributed by atoms with Crippen LogP contribution in [0.1, 0.15) is 28.4 Å². The van der Waals surface area contributed by atoms with Crippen LogP contribution in [-0.4, -0.2) is 31.2 Å².